The summed E-state index contributed by atoms with van der Waals surface area (Å²) >= 11 is 5.77. The van der Waals surface area contributed by atoms with Gasteiger partial charge < -0.3 is 14.8 Å². The highest BCUT2D eigenvalue weighted by atomic mass is 35.5. The second kappa shape index (κ2) is 6.25. The van der Waals surface area contributed by atoms with Crippen LogP contribution in [0.1, 0.15) is 10.4 Å². The Balaban J connectivity index is 2.30. The molecule has 20 heavy (non-hydrogen) atoms. The van der Waals surface area contributed by atoms with Gasteiger partial charge in [-0.05, 0) is 24.3 Å². The Morgan fingerprint density at radius 2 is 2.05 bits per heavy atom. The third-order valence-electron chi connectivity index (χ3n) is 2.63. The molecule has 0 fully saturated rings. The molecule has 1 aromatic carbocycles. The molecule has 0 saturated heterocycles. The van der Waals surface area contributed by atoms with Crippen molar-refractivity contribution in [3.8, 4) is 11.5 Å². The number of para-hydroxylation sites is 1. The largest absolute Gasteiger partial charge is 0.493 e. The molecular formula is C14H13ClN2O3. The zero-order valence-electron chi connectivity index (χ0n) is 11.0. The summed E-state index contributed by atoms with van der Waals surface area (Å²) in [6.45, 7) is 0. The van der Waals surface area contributed by atoms with E-state index in [0.29, 0.717) is 27.9 Å². The Kier molecular flexibility index (Phi) is 4.42. The first-order valence-electron chi connectivity index (χ1n) is 5.79. The van der Waals surface area contributed by atoms with Crippen LogP contribution in [0, 0.1) is 0 Å². The number of methoxy groups -OCH3 is 2. The monoisotopic (exact) mass is 292 g/mol. The van der Waals surface area contributed by atoms with Gasteiger partial charge in [-0.2, -0.15) is 0 Å². The van der Waals surface area contributed by atoms with Gasteiger partial charge in [0.15, 0.2) is 11.5 Å². The molecule has 5 nitrogen and oxygen atoms in total. The summed E-state index contributed by atoms with van der Waals surface area (Å²) in [5.74, 6) is 0.559. The van der Waals surface area contributed by atoms with E-state index in [9.17, 15) is 4.79 Å². The number of carbonyl (C=O) groups is 1. The molecule has 0 saturated carbocycles. The Hall–Kier alpha value is -2.27. The van der Waals surface area contributed by atoms with Crippen LogP contribution in [0.5, 0.6) is 11.5 Å². The molecule has 2 rings (SSSR count). The van der Waals surface area contributed by atoms with Gasteiger partial charge in [-0.15, -0.1) is 0 Å². The summed E-state index contributed by atoms with van der Waals surface area (Å²) in [5, 5.41) is 3.03. The van der Waals surface area contributed by atoms with E-state index in [2.05, 4.69) is 10.3 Å². The van der Waals surface area contributed by atoms with Crippen LogP contribution in [0.3, 0.4) is 0 Å². The van der Waals surface area contributed by atoms with Gasteiger partial charge in [0.05, 0.1) is 19.8 Å². The number of aromatic nitrogens is 1. The van der Waals surface area contributed by atoms with E-state index < -0.39 is 0 Å². The van der Waals surface area contributed by atoms with Gasteiger partial charge >= 0.3 is 0 Å². The quantitative estimate of drug-likeness (QED) is 0.880. The SMILES string of the molecule is COc1cccc(C(=O)Nc2ccnc(Cl)c2)c1OC. The van der Waals surface area contributed by atoms with Gasteiger partial charge in [-0.25, -0.2) is 4.98 Å². The van der Waals surface area contributed by atoms with Crippen molar-refractivity contribution >= 4 is 23.2 Å². The zero-order chi connectivity index (χ0) is 14.5. The van der Waals surface area contributed by atoms with Crippen molar-refractivity contribution in [3.05, 3.63) is 47.2 Å². The highest BCUT2D eigenvalue weighted by Crippen LogP contribution is 2.31. The van der Waals surface area contributed by atoms with Gasteiger partial charge in [0.1, 0.15) is 5.15 Å². The number of nitrogens with zero attached hydrogens (tertiary/aromatic N) is 1. The number of hydrogen-bond donors (Lipinski definition) is 1. The fraction of sp³-hybridized carbons (Fsp3) is 0.143. The minimum atomic E-state index is -0.317. The lowest BCUT2D eigenvalue weighted by Gasteiger charge is -2.12. The van der Waals surface area contributed by atoms with E-state index in [4.69, 9.17) is 21.1 Å². The predicted octanol–water partition coefficient (Wildman–Crippen LogP) is 3.00. The van der Waals surface area contributed by atoms with Gasteiger partial charge in [-0.1, -0.05) is 17.7 Å². The molecular weight excluding hydrogens is 280 g/mol. The van der Waals surface area contributed by atoms with Crippen LogP contribution in [0.2, 0.25) is 5.15 Å². The number of hydrogen-bond acceptors (Lipinski definition) is 4. The lowest BCUT2D eigenvalue weighted by molar-refractivity contribution is 0.102. The molecule has 0 radical (unpaired) electrons. The van der Waals surface area contributed by atoms with Gasteiger partial charge in [-0.3, -0.25) is 4.79 Å². The molecule has 0 unspecified atom stereocenters. The second-order valence-electron chi connectivity index (χ2n) is 3.86. The van der Waals surface area contributed by atoms with E-state index in [1.807, 2.05) is 0 Å². The van der Waals surface area contributed by atoms with E-state index in [-0.39, 0.29) is 5.91 Å². The van der Waals surface area contributed by atoms with Crippen LogP contribution in [-0.4, -0.2) is 25.1 Å². The number of rotatable bonds is 4. The van der Waals surface area contributed by atoms with Crippen molar-refractivity contribution in [1.29, 1.82) is 0 Å². The van der Waals surface area contributed by atoms with E-state index in [0.717, 1.165) is 0 Å². The molecule has 0 bridgehead atoms. The maximum atomic E-state index is 12.3. The normalized spacial score (nSPS) is 9.95. The number of ether oxygens (including phenoxy) is 2. The average Bonchev–Trinajstić information content (AvgIpc) is 2.46. The smallest absolute Gasteiger partial charge is 0.259 e. The molecule has 1 heterocycles. The van der Waals surface area contributed by atoms with Crippen molar-refractivity contribution in [2.45, 2.75) is 0 Å². The summed E-state index contributed by atoms with van der Waals surface area (Å²) in [4.78, 5) is 16.1. The number of carbonyl (C=O) groups excluding carboxylic acids is 1. The number of benzene rings is 1. The number of nitrogens with one attached hydrogen (secondary N) is 1. The van der Waals surface area contributed by atoms with Crippen LogP contribution in [0.4, 0.5) is 5.69 Å². The fourth-order valence-electron chi connectivity index (χ4n) is 1.74. The molecule has 6 heteroatoms. The number of halogens is 1. The third-order valence-corrected chi connectivity index (χ3v) is 2.84. The van der Waals surface area contributed by atoms with Crippen molar-refractivity contribution in [1.82, 2.24) is 4.98 Å². The van der Waals surface area contributed by atoms with Crippen LogP contribution >= 0.6 is 11.6 Å². The third kappa shape index (κ3) is 3.00. The first-order chi connectivity index (χ1) is 9.65. The summed E-state index contributed by atoms with van der Waals surface area (Å²) in [5.41, 5.74) is 0.930. The predicted molar refractivity (Wildman–Crippen MR) is 76.7 cm³/mol. The van der Waals surface area contributed by atoms with E-state index in [1.54, 1.807) is 30.3 Å². The number of anilines is 1. The summed E-state index contributed by atoms with van der Waals surface area (Å²) in [6.07, 6.45) is 1.51. The molecule has 0 spiro atoms. The lowest BCUT2D eigenvalue weighted by atomic mass is 10.1. The highest BCUT2D eigenvalue weighted by Gasteiger charge is 2.16. The summed E-state index contributed by atoms with van der Waals surface area (Å²) in [7, 11) is 3.00. The van der Waals surface area contributed by atoms with Gasteiger partial charge in [0.25, 0.3) is 5.91 Å². The molecule has 0 aliphatic rings. The average molecular weight is 293 g/mol. The van der Waals surface area contributed by atoms with Gasteiger partial charge in [0, 0.05) is 11.9 Å². The van der Waals surface area contributed by atoms with Crippen LogP contribution in [-0.2, 0) is 0 Å². The summed E-state index contributed by atoms with van der Waals surface area (Å²) < 4.78 is 10.4. The van der Waals surface area contributed by atoms with Crippen molar-refractivity contribution in [2.75, 3.05) is 19.5 Å². The Labute approximate surface area is 121 Å². The van der Waals surface area contributed by atoms with Crippen molar-refractivity contribution in [3.63, 3.8) is 0 Å². The maximum Gasteiger partial charge on any atom is 0.259 e. The minimum absolute atomic E-state index is 0.306. The fourth-order valence-corrected chi connectivity index (χ4v) is 1.92. The Morgan fingerprint density at radius 3 is 2.70 bits per heavy atom. The number of pyridine rings is 1. The van der Waals surface area contributed by atoms with E-state index in [1.165, 1.54) is 20.4 Å². The maximum absolute atomic E-state index is 12.3. The molecule has 104 valence electrons. The van der Waals surface area contributed by atoms with Crippen LogP contribution in [0.15, 0.2) is 36.5 Å². The second-order valence-corrected chi connectivity index (χ2v) is 4.25. The first kappa shape index (κ1) is 14.1. The zero-order valence-corrected chi connectivity index (χ0v) is 11.8. The lowest BCUT2D eigenvalue weighted by Crippen LogP contribution is -2.13. The van der Waals surface area contributed by atoms with Crippen LogP contribution in [0.25, 0.3) is 0 Å². The molecule has 1 amide bonds. The Morgan fingerprint density at radius 1 is 1.25 bits per heavy atom. The van der Waals surface area contributed by atoms with Crippen LogP contribution < -0.4 is 14.8 Å². The molecule has 2 aromatic rings. The molecule has 0 aliphatic carbocycles. The molecule has 0 aliphatic heterocycles. The first-order valence-corrected chi connectivity index (χ1v) is 6.17. The number of amides is 1. The minimum Gasteiger partial charge on any atom is -0.493 e. The summed E-state index contributed by atoms with van der Waals surface area (Å²) in [6, 6.07) is 8.30. The van der Waals surface area contributed by atoms with Crippen molar-refractivity contribution in [2.24, 2.45) is 0 Å². The molecule has 0 atom stereocenters. The Bertz CT molecular complexity index is 632. The molecule has 1 N–H and O–H groups in total. The standard InChI is InChI=1S/C14H13ClN2O3/c1-19-11-5-3-4-10(13(11)20-2)14(18)17-9-6-7-16-12(15)8-9/h3-8H,1-2H3,(H,16,17,18). The highest BCUT2D eigenvalue weighted by molar-refractivity contribution is 6.29. The van der Waals surface area contributed by atoms with Gasteiger partial charge in [0.2, 0.25) is 0 Å². The topological polar surface area (TPSA) is 60.5 Å². The van der Waals surface area contributed by atoms with Crippen molar-refractivity contribution < 1.29 is 14.3 Å². The molecule has 1 aromatic heterocycles. The van der Waals surface area contributed by atoms with E-state index >= 15 is 0 Å².